The van der Waals surface area contributed by atoms with Crippen LogP contribution in [0.3, 0.4) is 0 Å². The zero-order valence-electron chi connectivity index (χ0n) is 6.96. The lowest BCUT2D eigenvalue weighted by atomic mass is 10.0. The van der Waals surface area contributed by atoms with Crippen LogP contribution < -0.4 is 0 Å². The first-order chi connectivity index (χ1) is 5.52. The Bertz CT molecular complexity index is 291. The summed E-state index contributed by atoms with van der Waals surface area (Å²) in [6.07, 6.45) is 1.10. The molecule has 0 atom stereocenters. The third kappa shape index (κ3) is 1.42. The molecule has 0 radical (unpaired) electrons. The fraction of sp³-hybridized carbons (Fsp3) is 0.375. The maximum Gasteiger partial charge on any atom is 0.234 e. The summed E-state index contributed by atoms with van der Waals surface area (Å²) in [5.41, 5.74) is 0.108. The maximum absolute atomic E-state index is 11.1. The minimum atomic E-state index is -0.384. The van der Waals surface area contributed by atoms with Crippen molar-refractivity contribution in [3.63, 3.8) is 0 Å². The summed E-state index contributed by atoms with van der Waals surface area (Å²) in [6, 6.07) is 0. The van der Waals surface area contributed by atoms with Crippen molar-refractivity contribution in [1.82, 2.24) is 4.90 Å². The number of allylic oxidation sites excluding steroid dienone is 1. The Kier molecular flexibility index (Phi) is 2.08. The second kappa shape index (κ2) is 2.89. The Morgan fingerprint density at radius 1 is 1.50 bits per heavy atom. The van der Waals surface area contributed by atoms with Crippen LogP contribution in [0.5, 0.6) is 0 Å². The molecule has 1 amide bonds. The number of nitrogens with zero attached hydrogens (tertiary/aromatic N) is 1. The fourth-order valence-corrected chi connectivity index (χ4v) is 0.982. The number of Topliss-reactive ketones (excluding diaryl/α,β-unsaturated/α-hetero) is 2. The third-order valence-corrected chi connectivity index (χ3v) is 1.71. The number of rotatable bonds is 1. The first-order valence-corrected chi connectivity index (χ1v) is 3.54. The lowest BCUT2D eigenvalue weighted by molar-refractivity contribution is -0.133. The van der Waals surface area contributed by atoms with Crippen LogP contribution in [0.4, 0.5) is 0 Å². The zero-order valence-corrected chi connectivity index (χ0v) is 6.96. The van der Waals surface area contributed by atoms with Crippen LogP contribution in [0, 0.1) is 0 Å². The van der Waals surface area contributed by atoms with Gasteiger partial charge in [0.25, 0.3) is 0 Å². The molecule has 12 heavy (non-hydrogen) atoms. The van der Waals surface area contributed by atoms with Crippen molar-refractivity contribution in [1.29, 1.82) is 0 Å². The highest BCUT2D eigenvalue weighted by molar-refractivity contribution is 6.24. The average molecular weight is 167 g/mol. The summed E-state index contributed by atoms with van der Waals surface area (Å²) in [6.45, 7) is 1.31. The third-order valence-electron chi connectivity index (χ3n) is 1.71. The Morgan fingerprint density at radius 3 is 2.58 bits per heavy atom. The lowest BCUT2D eigenvalue weighted by Gasteiger charge is -2.18. The highest BCUT2D eigenvalue weighted by atomic mass is 16.2. The number of carbonyl (C=O) groups is 3. The monoisotopic (exact) mass is 167 g/mol. The van der Waals surface area contributed by atoms with E-state index in [9.17, 15) is 14.4 Å². The van der Waals surface area contributed by atoms with Gasteiger partial charge in [-0.3, -0.25) is 14.4 Å². The zero-order chi connectivity index (χ0) is 9.30. The number of carbonyl (C=O) groups excluding carboxylic acids is 3. The number of hydrogen-bond donors (Lipinski definition) is 0. The summed E-state index contributed by atoms with van der Waals surface area (Å²) < 4.78 is 0. The van der Waals surface area contributed by atoms with Gasteiger partial charge in [0.2, 0.25) is 5.91 Å². The standard InChI is InChI=1S/C8H9NO3/c1-5(10)6-4-9(2)8(12)3-7(6)11/h4H,3H2,1-2H3. The maximum atomic E-state index is 11.1. The van der Waals surface area contributed by atoms with Crippen molar-refractivity contribution in [2.75, 3.05) is 7.05 Å². The van der Waals surface area contributed by atoms with E-state index in [0.29, 0.717) is 0 Å². The van der Waals surface area contributed by atoms with Crippen LogP contribution in [0.2, 0.25) is 0 Å². The molecule has 0 aromatic carbocycles. The molecule has 0 spiro atoms. The molecule has 1 aliphatic heterocycles. The molecule has 0 unspecified atom stereocenters. The minimum absolute atomic E-state index is 0.108. The number of ketones is 2. The molecule has 0 aliphatic carbocycles. The van der Waals surface area contributed by atoms with Crippen LogP contribution >= 0.6 is 0 Å². The van der Waals surface area contributed by atoms with Crippen LogP contribution in [0.1, 0.15) is 13.3 Å². The van der Waals surface area contributed by atoms with E-state index in [-0.39, 0.29) is 29.5 Å². The van der Waals surface area contributed by atoms with Gasteiger partial charge in [0.1, 0.15) is 0 Å². The van der Waals surface area contributed by atoms with E-state index in [2.05, 4.69) is 0 Å². The molecule has 4 heteroatoms. The van der Waals surface area contributed by atoms with E-state index in [4.69, 9.17) is 0 Å². The Balaban J connectivity index is 3.01. The molecule has 0 aromatic heterocycles. The van der Waals surface area contributed by atoms with Crippen molar-refractivity contribution in [3.8, 4) is 0 Å². The van der Waals surface area contributed by atoms with Gasteiger partial charge in [-0.15, -0.1) is 0 Å². The molecule has 1 aliphatic rings. The fourth-order valence-electron chi connectivity index (χ4n) is 0.982. The van der Waals surface area contributed by atoms with E-state index >= 15 is 0 Å². The van der Waals surface area contributed by atoms with E-state index in [1.54, 1.807) is 0 Å². The molecule has 0 N–H and O–H groups in total. The highest BCUT2D eigenvalue weighted by Gasteiger charge is 2.25. The van der Waals surface area contributed by atoms with E-state index < -0.39 is 0 Å². The first kappa shape index (κ1) is 8.64. The molecular formula is C8H9NO3. The van der Waals surface area contributed by atoms with Crippen LogP contribution in [0.15, 0.2) is 11.8 Å². The van der Waals surface area contributed by atoms with Crippen molar-refractivity contribution in [2.45, 2.75) is 13.3 Å². The van der Waals surface area contributed by atoms with Gasteiger partial charge in [0, 0.05) is 13.2 Å². The van der Waals surface area contributed by atoms with E-state index in [0.717, 1.165) is 0 Å². The number of hydrogen-bond acceptors (Lipinski definition) is 3. The topological polar surface area (TPSA) is 54.5 Å². The average Bonchev–Trinajstić information content (AvgIpc) is 1.96. The van der Waals surface area contributed by atoms with Gasteiger partial charge in [-0.05, 0) is 6.92 Å². The highest BCUT2D eigenvalue weighted by Crippen LogP contribution is 2.11. The van der Waals surface area contributed by atoms with E-state index in [1.807, 2.05) is 0 Å². The van der Waals surface area contributed by atoms with Gasteiger partial charge in [0.05, 0.1) is 12.0 Å². The molecule has 0 aromatic rings. The van der Waals surface area contributed by atoms with Gasteiger partial charge in [0.15, 0.2) is 11.6 Å². The molecular weight excluding hydrogens is 158 g/mol. The SMILES string of the molecule is CC(=O)C1=CN(C)C(=O)CC1=O. The normalized spacial score (nSPS) is 17.8. The van der Waals surface area contributed by atoms with Crippen molar-refractivity contribution in [3.05, 3.63) is 11.8 Å². The second-order valence-electron chi connectivity index (χ2n) is 2.70. The van der Waals surface area contributed by atoms with Crippen LogP contribution in [0.25, 0.3) is 0 Å². The molecule has 4 nitrogen and oxygen atoms in total. The summed E-state index contributed by atoms with van der Waals surface area (Å²) >= 11 is 0. The molecule has 1 heterocycles. The molecule has 64 valence electrons. The Labute approximate surface area is 69.8 Å². The van der Waals surface area contributed by atoms with Crippen molar-refractivity contribution in [2.24, 2.45) is 0 Å². The van der Waals surface area contributed by atoms with Crippen LogP contribution in [-0.2, 0) is 14.4 Å². The second-order valence-corrected chi connectivity index (χ2v) is 2.70. The molecule has 0 saturated carbocycles. The lowest BCUT2D eigenvalue weighted by Crippen LogP contribution is -2.31. The van der Waals surface area contributed by atoms with Gasteiger partial charge in [-0.2, -0.15) is 0 Å². The molecule has 0 saturated heterocycles. The predicted octanol–water partition coefficient (Wildman–Crippen LogP) is -0.109. The summed E-state index contributed by atoms with van der Waals surface area (Å²) in [5, 5.41) is 0. The molecule has 1 rings (SSSR count). The van der Waals surface area contributed by atoms with Crippen molar-refractivity contribution >= 4 is 17.5 Å². The van der Waals surface area contributed by atoms with Crippen molar-refractivity contribution < 1.29 is 14.4 Å². The van der Waals surface area contributed by atoms with Gasteiger partial charge >= 0.3 is 0 Å². The summed E-state index contributed by atoms with van der Waals surface area (Å²) in [5.74, 6) is -0.949. The number of amides is 1. The summed E-state index contributed by atoms with van der Waals surface area (Å²) in [4.78, 5) is 34.1. The van der Waals surface area contributed by atoms with Gasteiger partial charge in [-0.25, -0.2) is 0 Å². The Morgan fingerprint density at radius 2 is 2.08 bits per heavy atom. The minimum Gasteiger partial charge on any atom is -0.321 e. The van der Waals surface area contributed by atoms with Gasteiger partial charge < -0.3 is 4.90 Å². The first-order valence-electron chi connectivity index (χ1n) is 3.54. The van der Waals surface area contributed by atoms with Crippen LogP contribution in [-0.4, -0.2) is 29.4 Å². The summed E-state index contributed by atoms with van der Waals surface area (Å²) in [7, 11) is 1.53. The van der Waals surface area contributed by atoms with Gasteiger partial charge in [-0.1, -0.05) is 0 Å². The Hall–Kier alpha value is -1.45. The molecule has 0 bridgehead atoms. The quantitative estimate of drug-likeness (QED) is 0.404. The molecule has 0 fully saturated rings. The largest absolute Gasteiger partial charge is 0.321 e. The van der Waals surface area contributed by atoms with E-state index in [1.165, 1.54) is 25.1 Å². The predicted molar refractivity (Wildman–Crippen MR) is 41.2 cm³/mol. The smallest absolute Gasteiger partial charge is 0.234 e.